The zero-order valence-corrected chi connectivity index (χ0v) is 9.69. The van der Waals surface area contributed by atoms with Crippen molar-refractivity contribution in [2.24, 2.45) is 11.5 Å². The van der Waals surface area contributed by atoms with E-state index in [2.05, 4.69) is 0 Å². The van der Waals surface area contributed by atoms with Gasteiger partial charge in [-0.05, 0) is 19.4 Å². The molecule has 0 aromatic heterocycles. The minimum absolute atomic E-state index is 0.207. The average molecular weight is 233 g/mol. The summed E-state index contributed by atoms with van der Waals surface area (Å²) in [5.41, 5.74) is 11.8. The van der Waals surface area contributed by atoms with Crippen LogP contribution < -0.4 is 11.5 Å². The fraction of sp³-hybridized carbons (Fsp3) is 0.385. The highest BCUT2D eigenvalue weighted by atomic mass is 16.1. The first-order valence-electron chi connectivity index (χ1n) is 5.67. The lowest BCUT2D eigenvalue weighted by Crippen LogP contribution is -2.31. The highest BCUT2D eigenvalue weighted by Crippen LogP contribution is 2.11. The molecular weight excluding hydrogens is 216 g/mol. The van der Waals surface area contributed by atoms with E-state index < -0.39 is 6.04 Å². The zero-order chi connectivity index (χ0) is 12.7. The maximum Gasteiger partial charge on any atom is 0.234 e. The van der Waals surface area contributed by atoms with Crippen molar-refractivity contribution in [3.63, 3.8) is 0 Å². The maximum atomic E-state index is 12.0. The summed E-state index contributed by atoms with van der Waals surface area (Å²) >= 11 is 0. The van der Waals surface area contributed by atoms with Crippen LogP contribution in [0.1, 0.15) is 35.2 Å². The van der Waals surface area contributed by atoms with Crippen molar-refractivity contribution in [2.75, 3.05) is 6.54 Å². The van der Waals surface area contributed by atoms with Crippen LogP contribution in [0.5, 0.6) is 0 Å². The Balaban J connectivity index is 2.71. The Hall–Kier alpha value is -1.52. The van der Waals surface area contributed by atoms with Gasteiger partial charge in [0.2, 0.25) is 6.29 Å². The molecule has 0 spiro atoms. The Labute approximate surface area is 101 Å². The number of unbranched alkanes of at least 4 members (excludes halogenated alkanes) is 1. The third-order valence-electron chi connectivity index (χ3n) is 2.61. The molecule has 0 fully saturated rings. The smallest absolute Gasteiger partial charge is 0.234 e. The molecule has 4 nitrogen and oxygen atoms in total. The number of hydrogen-bond acceptors (Lipinski definition) is 4. The molecule has 17 heavy (non-hydrogen) atoms. The van der Waals surface area contributed by atoms with Crippen LogP contribution in [0.4, 0.5) is 0 Å². The van der Waals surface area contributed by atoms with E-state index in [0.29, 0.717) is 18.5 Å². The predicted octanol–water partition coefficient (Wildman–Crippen LogP) is 0.783. The van der Waals surface area contributed by atoms with Crippen LogP contribution >= 0.6 is 0 Å². The Bertz CT molecular complexity index is 391. The van der Waals surface area contributed by atoms with Crippen molar-refractivity contribution < 1.29 is 9.59 Å². The van der Waals surface area contributed by atoms with Crippen molar-refractivity contribution in [1.29, 1.82) is 0 Å². The Morgan fingerprint density at radius 2 is 2.00 bits per heavy atom. The number of ketones is 1. The SMILES string of the molecule is NCCCC[C@H](N)C(=O)c1ccccc1[C]=O. The Kier molecular flexibility index (Phi) is 5.52. The van der Waals surface area contributed by atoms with Gasteiger partial charge >= 0.3 is 0 Å². The van der Waals surface area contributed by atoms with E-state index in [1.165, 1.54) is 0 Å². The highest BCUT2D eigenvalue weighted by Gasteiger charge is 2.18. The van der Waals surface area contributed by atoms with E-state index in [1.807, 2.05) is 0 Å². The number of rotatable bonds is 7. The van der Waals surface area contributed by atoms with Crippen LogP contribution in [0, 0.1) is 0 Å². The van der Waals surface area contributed by atoms with Gasteiger partial charge in [-0.3, -0.25) is 9.59 Å². The van der Waals surface area contributed by atoms with Gasteiger partial charge in [-0.2, -0.15) is 0 Å². The average Bonchev–Trinajstić information content (AvgIpc) is 2.38. The molecule has 0 saturated carbocycles. The number of carbonyl (C=O) groups excluding carboxylic acids is 2. The Morgan fingerprint density at radius 1 is 1.29 bits per heavy atom. The van der Waals surface area contributed by atoms with E-state index in [4.69, 9.17) is 11.5 Å². The predicted molar refractivity (Wildman–Crippen MR) is 66.4 cm³/mol. The van der Waals surface area contributed by atoms with E-state index >= 15 is 0 Å². The van der Waals surface area contributed by atoms with Crippen LogP contribution in [0.2, 0.25) is 0 Å². The number of carbonyl (C=O) groups is 1. The molecule has 91 valence electrons. The summed E-state index contributed by atoms with van der Waals surface area (Å²) in [7, 11) is 0. The second-order valence-corrected chi connectivity index (χ2v) is 3.90. The highest BCUT2D eigenvalue weighted by molar-refractivity contribution is 6.05. The summed E-state index contributed by atoms with van der Waals surface area (Å²) in [5.74, 6) is -0.207. The van der Waals surface area contributed by atoms with Crippen LogP contribution in [0.15, 0.2) is 24.3 Å². The molecule has 0 heterocycles. The first kappa shape index (κ1) is 13.5. The molecule has 0 aliphatic carbocycles. The van der Waals surface area contributed by atoms with E-state index in [9.17, 15) is 9.59 Å². The fourth-order valence-corrected chi connectivity index (χ4v) is 1.63. The third-order valence-corrected chi connectivity index (χ3v) is 2.61. The van der Waals surface area contributed by atoms with Crippen molar-refractivity contribution in [3.8, 4) is 0 Å². The van der Waals surface area contributed by atoms with Gasteiger partial charge in [0.15, 0.2) is 5.78 Å². The minimum atomic E-state index is -0.573. The van der Waals surface area contributed by atoms with Gasteiger partial charge in [-0.25, -0.2) is 0 Å². The summed E-state index contributed by atoms with van der Waals surface area (Å²) in [4.78, 5) is 22.7. The molecule has 0 aliphatic heterocycles. The quantitative estimate of drug-likeness (QED) is 0.538. The summed E-state index contributed by atoms with van der Waals surface area (Å²) in [5, 5.41) is 0. The van der Waals surface area contributed by atoms with Crippen molar-refractivity contribution >= 4 is 12.1 Å². The minimum Gasteiger partial charge on any atom is -0.330 e. The van der Waals surface area contributed by atoms with Gasteiger partial charge in [0, 0.05) is 11.1 Å². The number of hydrogen-bond donors (Lipinski definition) is 2. The van der Waals surface area contributed by atoms with Gasteiger partial charge in [-0.1, -0.05) is 30.7 Å². The molecular formula is C13H17N2O2. The molecule has 0 saturated heterocycles. The van der Waals surface area contributed by atoms with Crippen LogP contribution in [-0.4, -0.2) is 24.7 Å². The standard InChI is InChI=1S/C13H17N2O2/c14-8-4-3-7-12(15)13(17)11-6-2-1-5-10(11)9-16/h1-2,5-6,12H,3-4,7-8,14-15H2/t12-/m0/s1. The summed E-state index contributed by atoms with van der Waals surface area (Å²) in [6.45, 7) is 0.597. The van der Waals surface area contributed by atoms with Gasteiger partial charge < -0.3 is 11.5 Å². The molecule has 1 aromatic carbocycles. The monoisotopic (exact) mass is 233 g/mol. The second-order valence-electron chi connectivity index (χ2n) is 3.90. The van der Waals surface area contributed by atoms with Crippen LogP contribution in [0.25, 0.3) is 0 Å². The lowest BCUT2D eigenvalue weighted by molar-refractivity contribution is 0.0956. The number of benzene rings is 1. The van der Waals surface area contributed by atoms with Crippen molar-refractivity contribution in [2.45, 2.75) is 25.3 Å². The van der Waals surface area contributed by atoms with Gasteiger partial charge in [0.25, 0.3) is 0 Å². The largest absolute Gasteiger partial charge is 0.330 e. The van der Waals surface area contributed by atoms with Crippen molar-refractivity contribution in [3.05, 3.63) is 35.4 Å². The molecule has 0 amide bonds. The molecule has 0 unspecified atom stereocenters. The molecule has 4 heteroatoms. The normalized spacial score (nSPS) is 12.1. The van der Waals surface area contributed by atoms with E-state index in [1.54, 1.807) is 30.6 Å². The Morgan fingerprint density at radius 3 is 2.65 bits per heavy atom. The van der Waals surface area contributed by atoms with Crippen LogP contribution in [-0.2, 0) is 4.79 Å². The molecule has 4 N–H and O–H groups in total. The molecule has 1 radical (unpaired) electrons. The molecule has 1 rings (SSSR count). The number of nitrogens with two attached hydrogens (primary N) is 2. The van der Waals surface area contributed by atoms with Gasteiger partial charge in [0.1, 0.15) is 0 Å². The fourth-order valence-electron chi connectivity index (χ4n) is 1.63. The third kappa shape index (κ3) is 3.76. The molecule has 0 bridgehead atoms. The summed E-state index contributed by atoms with van der Waals surface area (Å²) in [6.07, 6.45) is 4.00. The molecule has 1 atom stereocenters. The lowest BCUT2D eigenvalue weighted by atomic mass is 9.97. The zero-order valence-electron chi connectivity index (χ0n) is 9.69. The topological polar surface area (TPSA) is 86.2 Å². The van der Waals surface area contributed by atoms with Gasteiger partial charge in [0.05, 0.1) is 6.04 Å². The van der Waals surface area contributed by atoms with Gasteiger partial charge in [-0.15, -0.1) is 0 Å². The van der Waals surface area contributed by atoms with Crippen molar-refractivity contribution in [1.82, 2.24) is 0 Å². The van der Waals surface area contributed by atoms with Crippen LogP contribution in [0.3, 0.4) is 0 Å². The molecule has 1 aromatic rings. The lowest BCUT2D eigenvalue weighted by Gasteiger charge is -2.11. The number of Topliss-reactive ketones (excluding diaryl/α,β-unsaturated/α-hetero) is 1. The second kappa shape index (κ2) is 6.93. The van der Waals surface area contributed by atoms with E-state index in [-0.39, 0.29) is 11.3 Å². The first-order valence-corrected chi connectivity index (χ1v) is 5.67. The maximum absolute atomic E-state index is 12.0. The summed E-state index contributed by atoms with van der Waals surface area (Å²) in [6, 6.07) is 5.99. The molecule has 0 aliphatic rings. The first-order chi connectivity index (χ1) is 8.20. The summed E-state index contributed by atoms with van der Waals surface area (Å²) < 4.78 is 0. The van der Waals surface area contributed by atoms with E-state index in [0.717, 1.165) is 12.8 Å².